The van der Waals surface area contributed by atoms with Crippen molar-refractivity contribution in [3.05, 3.63) is 36.2 Å². The van der Waals surface area contributed by atoms with Crippen molar-refractivity contribution in [2.45, 2.75) is 45.2 Å². The number of nitrogens with zero attached hydrogens (tertiary/aromatic N) is 5. The molecule has 0 spiro atoms. The Bertz CT molecular complexity index is 749. The fourth-order valence-corrected chi connectivity index (χ4v) is 3.99. The first-order chi connectivity index (χ1) is 12.7. The van der Waals surface area contributed by atoms with Gasteiger partial charge in [-0.25, -0.2) is 9.67 Å². The summed E-state index contributed by atoms with van der Waals surface area (Å²) in [6.45, 7) is 6.10. The molecule has 2 aliphatic heterocycles. The van der Waals surface area contributed by atoms with E-state index in [9.17, 15) is 4.79 Å². The summed E-state index contributed by atoms with van der Waals surface area (Å²) in [5.74, 6) is 1.85. The minimum Gasteiger partial charge on any atom is -0.330 e. The van der Waals surface area contributed by atoms with Gasteiger partial charge in [-0.15, -0.1) is 0 Å². The molecule has 1 aromatic carbocycles. The highest BCUT2D eigenvalue weighted by atomic mass is 16.2. The normalized spacial score (nSPS) is 21.3. The summed E-state index contributed by atoms with van der Waals surface area (Å²) in [4.78, 5) is 21.9. The zero-order chi connectivity index (χ0) is 17.9. The largest absolute Gasteiger partial charge is 0.330 e. The van der Waals surface area contributed by atoms with E-state index in [1.807, 2.05) is 39.9 Å². The minimum absolute atomic E-state index is 0.0341. The van der Waals surface area contributed by atoms with Crippen LogP contribution in [0.1, 0.15) is 44.5 Å². The number of carbonyl (C=O) groups excluding carboxylic acids is 1. The van der Waals surface area contributed by atoms with Crippen LogP contribution >= 0.6 is 0 Å². The van der Waals surface area contributed by atoms with E-state index in [0.717, 1.165) is 30.3 Å². The number of carbonyl (C=O) groups is 1. The summed E-state index contributed by atoms with van der Waals surface area (Å²) >= 11 is 0. The van der Waals surface area contributed by atoms with Gasteiger partial charge < -0.3 is 4.90 Å². The highest BCUT2D eigenvalue weighted by molar-refractivity contribution is 5.78. The molecule has 0 bridgehead atoms. The van der Waals surface area contributed by atoms with Crippen molar-refractivity contribution < 1.29 is 4.79 Å². The van der Waals surface area contributed by atoms with Crippen molar-refractivity contribution in [2.75, 3.05) is 26.2 Å². The SMILES string of the molecule is C[C@H]1c2nc(-c3ccccc3)nn2CCN1C(=O)CN1CCCCCC1. The number of hydrogen-bond donors (Lipinski definition) is 0. The molecule has 6 heteroatoms. The Morgan fingerprint density at radius 2 is 1.77 bits per heavy atom. The van der Waals surface area contributed by atoms with Crippen LogP contribution in [0.2, 0.25) is 0 Å². The highest BCUT2D eigenvalue weighted by Gasteiger charge is 2.31. The monoisotopic (exact) mass is 353 g/mol. The standard InChI is InChI=1S/C20H27N5O/c1-16-20-21-19(17-9-5-4-6-10-17)22-25(20)14-13-24(16)18(26)15-23-11-7-2-3-8-12-23/h4-6,9-10,16H,2-3,7-8,11-15H2,1H3/t16-/m0/s1. The number of aromatic nitrogens is 3. The van der Waals surface area contributed by atoms with E-state index in [1.54, 1.807) is 0 Å². The van der Waals surface area contributed by atoms with Gasteiger partial charge in [-0.1, -0.05) is 43.2 Å². The lowest BCUT2D eigenvalue weighted by Gasteiger charge is -2.34. The number of fused-ring (bicyclic) bond motifs is 1. The molecule has 2 aromatic rings. The van der Waals surface area contributed by atoms with Gasteiger partial charge in [0.05, 0.1) is 19.1 Å². The van der Waals surface area contributed by atoms with Gasteiger partial charge in [0.2, 0.25) is 5.91 Å². The topological polar surface area (TPSA) is 54.3 Å². The fourth-order valence-electron chi connectivity index (χ4n) is 3.99. The smallest absolute Gasteiger partial charge is 0.237 e. The average Bonchev–Trinajstić information content (AvgIpc) is 2.94. The van der Waals surface area contributed by atoms with Crippen LogP contribution in [0.15, 0.2) is 30.3 Å². The average molecular weight is 353 g/mol. The molecule has 138 valence electrons. The van der Waals surface area contributed by atoms with Gasteiger partial charge in [0.25, 0.3) is 0 Å². The quantitative estimate of drug-likeness (QED) is 0.851. The molecule has 6 nitrogen and oxygen atoms in total. The van der Waals surface area contributed by atoms with E-state index < -0.39 is 0 Å². The molecule has 0 unspecified atom stereocenters. The molecule has 0 aliphatic carbocycles. The Hall–Kier alpha value is -2.21. The lowest BCUT2D eigenvalue weighted by Crippen LogP contribution is -2.46. The van der Waals surface area contributed by atoms with Crippen LogP contribution in [0.3, 0.4) is 0 Å². The molecule has 0 saturated carbocycles. The number of likely N-dealkylation sites (tertiary alicyclic amines) is 1. The molecule has 2 aliphatic rings. The van der Waals surface area contributed by atoms with E-state index in [-0.39, 0.29) is 11.9 Å². The summed E-state index contributed by atoms with van der Waals surface area (Å²) in [5.41, 5.74) is 1.02. The molecule has 3 heterocycles. The zero-order valence-corrected chi connectivity index (χ0v) is 15.5. The third-order valence-corrected chi connectivity index (χ3v) is 5.50. The second-order valence-corrected chi connectivity index (χ2v) is 7.34. The molecular formula is C20H27N5O. The third kappa shape index (κ3) is 3.51. The summed E-state index contributed by atoms with van der Waals surface area (Å²) < 4.78 is 1.96. The van der Waals surface area contributed by atoms with E-state index in [0.29, 0.717) is 19.6 Å². The van der Waals surface area contributed by atoms with E-state index >= 15 is 0 Å². The van der Waals surface area contributed by atoms with Crippen molar-refractivity contribution in [1.82, 2.24) is 24.6 Å². The Morgan fingerprint density at radius 1 is 1.04 bits per heavy atom. The first kappa shape index (κ1) is 17.2. The Labute approximate surface area is 154 Å². The number of rotatable bonds is 3. The van der Waals surface area contributed by atoms with E-state index in [2.05, 4.69) is 16.9 Å². The second-order valence-electron chi connectivity index (χ2n) is 7.34. The first-order valence-electron chi connectivity index (χ1n) is 9.74. The van der Waals surface area contributed by atoms with Gasteiger partial charge in [0.1, 0.15) is 5.82 Å². The minimum atomic E-state index is -0.0341. The van der Waals surface area contributed by atoms with Gasteiger partial charge in [0.15, 0.2) is 5.82 Å². The molecule has 1 aromatic heterocycles. The third-order valence-electron chi connectivity index (χ3n) is 5.50. The Kier molecular flexibility index (Phi) is 5.02. The maximum absolute atomic E-state index is 12.9. The van der Waals surface area contributed by atoms with Crippen LogP contribution in [0.25, 0.3) is 11.4 Å². The number of amides is 1. The molecule has 0 N–H and O–H groups in total. The molecule has 1 atom stereocenters. The lowest BCUT2D eigenvalue weighted by atomic mass is 10.2. The predicted octanol–water partition coefficient (Wildman–Crippen LogP) is 2.72. The van der Waals surface area contributed by atoms with Crippen LogP contribution in [-0.2, 0) is 11.3 Å². The second kappa shape index (κ2) is 7.58. The van der Waals surface area contributed by atoms with Gasteiger partial charge in [-0.05, 0) is 32.9 Å². The highest BCUT2D eigenvalue weighted by Crippen LogP contribution is 2.26. The lowest BCUT2D eigenvalue weighted by molar-refractivity contribution is -0.135. The first-order valence-corrected chi connectivity index (χ1v) is 9.74. The number of benzene rings is 1. The molecule has 1 fully saturated rings. The van der Waals surface area contributed by atoms with Crippen molar-refractivity contribution in [1.29, 1.82) is 0 Å². The summed E-state index contributed by atoms with van der Waals surface area (Å²) in [5, 5.41) is 4.65. The molecule has 0 radical (unpaired) electrons. The van der Waals surface area contributed by atoms with Crippen LogP contribution < -0.4 is 0 Å². The Morgan fingerprint density at radius 3 is 2.50 bits per heavy atom. The number of hydrogen-bond acceptors (Lipinski definition) is 4. The van der Waals surface area contributed by atoms with Gasteiger partial charge in [0, 0.05) is 12.1 Å². The van der Waals surface area contributed by atoms with Crippen LogP contribution in [0.5, 0.6) is 0 Å². The van der Waals surface area contributed by atoms with Crippen molar-refractivity contribution in [3.63, 3.8) is 0 Å². The zero-order valence-electron chi connectivity index (χ0n) is 15.5. The van der Waals surface area contributed by atoms with Crippen LogP contribution in [0, 0.1) is 0 Å². The predicted molar refractivity (Wildman–Crippen MR) is 100 cm³/mol. The summed E-state index contributed by atoms with van der Waals surface area (Å²) in [6.07, 6.45) is 4.99. The van der Waals surface area contributed by atoms with E-state index in [4.69, 9.17) is 4.98 Å². The fraction of sp³-hybridized carbons (Fsp3) is 0.550. The molecule has 26 heavy (non-hydrogen) atoms. The van der Waals surface area contributed by atoms with Crippen LogP contribution in [0.4, 0.5) is 0 Å². The van der Waals surface area contributed by atoms with Crippen molar-refractivity contribution in [2.24, 2.45) is 0 Å². The molecule has 1 saturated heterocycles. The van der Waals surface area contributed by atoms with Crippen molar-refractivity contribution >= 4 is 5.91 Å². The molecular weight excluding hydrogens is 326 g/mol. The maximum Gasteiger partial charge on any atom is 0.237 e. The van der Waals surface area contributed by atoms with Gasteiger partial charge >= 0.3 is 0 Å². The maximum atomic E-state index is 12.9. The van der Waals surface area contributed by atoms with Gasteiger partial charge in [-0.3, -0.25) is 9.69 Å². The Balaban J connectivity index is 1.48. The van der Waals surface area contributed by atoms with Gasteiger partial charge in [-0.2, -0.15) is 5.10 Å². The summed E-state index contributed by atoms with van der Waals surface area (Å²) in [7, 11) is 0. The molecule has 4 rings (SSSR count). The summed E-state index contributed by atoms with van der Waals surface area (Å²) in [6, 6.07) is 9.99. The van der Waals surface area contributed by atoms with Crippen LogP contribution in [-0.4, -0.2) is 56.7 Å². The van der Waals surface area contributed by atoms with E-state index in [1.165, 1.54) is 25.7 Å². The molecule has 1 amide bonds. The van der Waals surface area contributed by atoms with Crippen molar-refractivity contribution in [3.8, 4) is 11.4 Å².